The second-order valence-electron chi connectivity index (χ2n) is 9.82. The number of benzene rings is 1. The highest BCUT2D eigenvalue weighted by atomic mass is 19.1. The van der Waals surface area contributed by atoms with Crippen LogP contribution in [0.3, 0.4) is 0 Å². The molecule has 1 aliphatic rings. The van der Waals surface area contributed by atoms with Crippen molar-refractivity contribution >= 4 is 22.8 Å². The highest BCUT2D eigenvalue weighted by molar-refractivity contribution is 5.91. The van der Waals surface area contributed by atoms with Crippen molar-refractivity contribution in [3.05, 3.63) is 89.0 Å². The lowest BCUT2D eigenvalue weighted by atomic mass is 10.0. The van der Waals surface area contributed by atoms with Crippen LogP contribution >= 0.6 is 0 Å². The van der Waals surface area contributed by atoms with Gasteiger partial charge >= 0.3 is 5.69 Å². The molecule has 200 valence electrons. The molecule has 0 unspecified atom stereocenters. The third-order valence-corrected chi connectivity index (χ3v) is 6.97. The van der Waals surface area contributed by atoms with Crippen LogP contribution in [-0.2, 0) is 4.79 Å². The molecule has 8 nitrogen and oxygen atoms in total. The number of amides is 1. The molecule has 1 aliphatic heterocycles. The number of aromatic nitrogens is 4. The molecule has 1 fully saturated rings. The maximum atomic E-state index is 15.6. The molecule has 4 aromatic rings. The number of hydrogen-bond acceptors (Lipinski definition) is 6. The zero-order chi connectivity index (χ0) is 27.8. The fourth-order valence-corrected chi connectivity index (χ4v) is 5.01. The predicted octanol–water partition coefficient (Wildman–Crippen LogP) is 4.47. The zero-order valence-electron chi connectivity index (χ0n) is 21.9. The molecule has 3 aromatic heterocycles. The van der Waals surface area contributed by atoms with Crippen molar-refractivity contribution in [3.8, 4) is 17.1 Å². The van der Waals surface area contributed by atoms with Gasteiger partial charge in [0, 0.05) is 37.4 Å². The van der Waals surface area contributed by atoms with Crippen LogP contribution in [0.15, 0.2) is 66.1 Å². The van der Waals surface area contributed by atoms with Crippen LogP contribution in [0.2, 0.25) is 0 Å². The number of carbonyl (C=O) groups excluding carboxylic acids is 1. The van der Waals surface area contributed by atoms with E-state index in [0.29, 0.717) is 25.5 Å². The average Bonchev–Trinajstić information content (AvgIpc) is 2.92. The van der Waals surface area contributed by atoms with E-state index in [9.17, 15) is 14.0 Å². The number of fused-ring (bicyclic) bond motifs is 1. The van der Waals surface area contributed by atoms with Crippen molar-refractivity contribution in [2.75, 3.05) is 24.5 Å². The van der Waals surface area contributed by atoms with E-state index >= 15 is 4.39 Å². The summed E-state index contributed by atoms with van der Waals surface area (Å²) >= 11 is 0. The Bertz CT molecular complexity index is 1650. The van der Waals surface area contributed by atoms with Crippen molar-refractivity contribution in [2.24, 2.45) is 0 Å². The van der Waals surface area contributed by atoms with E-state index in [1.807, 2.05) is 31.7 Å². The quantitative estimate of drug-likeness (QED) is 0.354. The number of anilines is 1. The Hall–Kier alpha value is -4.47. The second kappa shape index (κ2) is 10.4. The lowest BCUT2D eigenvalue weighted by molar-refractivity contribution is -0.126. The van der Waals surface area contributed by atoms with Crippen LogP contribution in [0.1, 0.15) is 32.3 Å². The summed E-state index contributed by atoms with van der Waals surface area (Å²) in [5, 5.41) is 0.280. The number of nitrogens with zero attached hydrogens (tertiary/aromatic N) is 6. The summed E-state index contributed by atoms with van der Waals surface area (Å²) in [6, 6.07) is 10.4. The van der Waals surface area contributed by atoms with Crippen molar-refractivity contribution in [1.29, 1.82) is 0 Å². The predicted molar refractivity (Wildman–Crippen MR) is 146 cm³/mol. The van der Waals surface area contributed by atoms with Crippen LogP contribution < -0.4 is 10.6 Å². The Morgan fingerprint density at radius 1 is 1.08 bits per heavy atom. The number of rotatable bonds is 5. The van der Waals surface area contributed by atoms with Gasteiger partial charge < -0.3 is 9.80 Å². The molecule has 5 rings (SSSR count). The Labute approximate surface area is 224 Å². The molecule has 0 aliphatic carbocycles. The lowest BCUT2D eigenvalue weighted by Gasteiger charge is -2.40. The largest absolute Gasteiger partial charge is 0.357 e. The first-order chi connectivity index (χ1) is 18.7. The van der Waals surface area contributed by atoms with Crippen LogP contribution in [0, 0.1) is 11.6 Å². The van der Waals surface area contributed by atoms with Gasteiger partial charge in [-0.05, 0) is 48.7 Å². The molecule has 1 atom stereocenters. The van der Waals surface area contributed by atoms with Crippen molar-refractivity contribution in [2.45, 2.75) is 32.7 Å². The summed E-state index contributed by atoms with van der Waals surface area (Å²) in [5.74, 6) is -0.985. The highest BCUT2D eigenvalue weighted by Crippen LogP contribution is 2.33. The average molecular weight is 531 g/mol. The summed E-state index contributed by atoms with van der Waals surface area (Å²) in [5.41, 5.74) is 0.00105. The minimum absolute atomic E-state index is 0.0114. The number of hydrogen-bond donors (Lipinski definition) is 0. The van der Waals surface area contributed by atoms with Crippen LogP contribution in [0.5, 0.6) is 0 Å². The fraction of sp³-hybridized carbons (Fsp3) is 0.276. The molecule has 1 aromatic carbocycles. The van der Waals surface area contributed by atoms with E-state index < -0.39 is 17.3 Å². The van der Waals surface area contributed by atoms with Gasteiger partial charge in [0.25, 0.3) is 0 Å². The molecule has 10 heteroatoms. The number of halogens is 2. The molecule has 4 heterocycles. The van der Waals surface area contributed by atoms with Gasteiger partial charge in [0.05, 0.1) is 5.39 Å². The monoisotopic (exact) mass is 530 g/mol. The Kier molecular flexibility index (Phi) is 6.94. The first-order valence-electron chi connectivity index (χ1n) is 12.7. The molecule has 0 N–H and O–H groups in total. The van der Waals surface area contributed by atoms with E-state index in [4.69, 9.17) is 0 Å². The summed E-state index contributed by atoms with van der Waals surface area (Å²) in [4.78, 5) is 42.8. The van der Waals surface area contributed by atoms with Crippen LogP contribution in [0.25, 0.3) is 28.1 Å². The fourth-order valence-electron chi connectivity index (χ4n) is 5.01. The minimum atomic E-state index is -0.751. The van der Waals surface area contributed by atoms with Crippen LogP contribution in [-0.4, -0.2) is 56.0 Å². The van der Waals surface area contributed by atoms with Gasteiger partial charge in [-0.3, -0.25) is 4.79 Å². The number of piperazine rings is 1. The normalized spacial score (nSPS) is 15.7. The van der Waals surface area contributed by atoms with Gasteiger partial charge in [-0.2, -0.15) is 4.98 Å². The maximum Gasteiger partial charge on any atom is 0.357 e. The van der Waals surface area contributed by atoms with Crippen molar-refractivity contribution in [1.82, 2.24) is 24.4 Å². The molecule has 0 bridgehead atoms. The summed E-state index contributed by atoms with van der Waals surface area (Å²) in [7, 11) is 0. The molecule has 0 radical (unpaired) electrons. The molecular formula is C29H28F2N6O2. The Balaban J connectivity index is 1.78. The van der Waals surface area contributed by atoms with Gasteiger partial charge in [0.1, 0.15) is 29.0 Å². The van der Waals surface area contributed by atoms with E-state index in [2.05, 4.69) is 21.5 Å². The first-order valence-corrected chi connectivity index (χ1v) is 12.7. The number of carbonyl (C=O) groups is 1. The van der Waals surface area contributed by atoms with E-state index in [1.165, 1.54) is 34.9 Å². The standard InChI is InChI=1S/C29H28F2N6O2/c1-5-24(38)35-13-14-36(18(4)16-35)27-21-15-23(31)25(20-9-6-7-11-22(20)30)33-28(21)37(29(39)34-27)26-19(17(2)3)10-8-12-32-26/h5-12,15,17-18H,1,13-14,16H2,2-4H3/t18-/m0/s1. The minimum Gasteiger partial charge on any atom is -0.350 e. The summed E-state index contributed by atoms with van der Waals surface area (Å²) < 4.78 is 31.6. The highest BCUT2D eigenvalue weighted by Gasteiger charge is 2.30. The molecule has 1 amide bonds. The first kappa shape index (κ1) is 26.1. The molecule has 0 spiro atoms. The third kappa shape index (κ3) is 4.67. The van der Waals surface area contributed by atoms with E-state index in [0.717, 1.165) is 5.56 Å². The molecule has 39 heavy (non-hydrogen) atoms. The van der Waals surface area contributed by atoms with Crippen LogP contribution in [0.4, 0.5) is 14.6 Å². The Morgan fingerprint density at radius 3 is 2.54 bits per heavy atom. The molecule has 0 saturated carbocycles. The second-order valence-corrected chi connectivity index (χ2v) is 9.82. The molecule has 1 saturated heterocycles. The lowest BCUT2D eigenvalue weighted by Crippen LogP contribution is -2.54. The molecular weight excluding hydrogens is 502 g/mol. The topological polar surface area (TPSA) is 84.2 Å². The zero-order valence-corrected chi connectivity index (χ0v) is 21.9. The Morgan fingerprint density at radius 2 is 1.85 bits per heavy atom. The van der Waals surface area contributed by atoms with Gasteiger partial charge in [-0.25, -0.2) is 28.1 Å². The smallest absolute Gasteiger partial charge is 0.350 e. The third-order valence-electron chi connectivity index (χ3n) is 6.97. The van der Waals surface area contributed by atoms with Gasteiger partial charge in [0.15, 0.2) is 5.65 Å². The SMILES string of the molecule is C=CC(=O)N1CCN(c2nc(=O)n(-c3ncccc3C(C)C)c3nc(-c4ccccc4F)c(F)cc23)[C@@H](C)C1. The van der Waals surface area contributed by atoms with E-state index in [1.54, 1.807) is 23.2 Å². The van der Waals surface area contributed by atoms with Gasteiger partial charge in [0.2, 0.25) is 5.91 Å². The summed E-state index contributed by atoms with van der Waals surface area (Å²) in [6.07, 6.45) is 2.83. The maximum absolute atomic E-state index is 15.6. The van der Waals surface area contributed by atoms with Gasteiger partial charge in [-0.15, -0.1) is 0 Å². The summed E-state index contributed by atoms with van der Waals surface area (Å²) in [6.45, 7) is 10.5. The van der Waals surface area contributed by atoms with Crippen molar-refractivity contribution in [3.63, 3.8) is 0 Å². The van der Waals surface area contributed by atoms with Crippen molar-refractivity contribution < 1.29 is 13.6 Å². The van der Waals surface area contributed by atoms with E-state index in [-0.39, 0.29) is 46.0 Å². The van der Waals surface area contributed by atoms with Gasteiger partial charge in [-0.1, -0.05) is 38.6 Å². The number of pyridine rings is 2.